The normalized spacial score (nSPS) is 12.5. The lowest BCUT2D eigenvalue weighted by atomic mass is 10.0. The Kier molecular flexibility index (Phi) is 4.94. The van der Waals surface area contributed by atoms with Gasteiger partial charge in [-0.2, -0.15) is 0 Å². The van der Waals surface area contributed by atoms with E-state index in [2.05, 4.69) is 24.1 Å². The lowest BCUT2D eigenvalue weighted by molar-refractivity contribution is 0.0937. The first-order valence-electron chi connectivity index (χ1n) is 6.01. The van der Waals surface area contributed by atoms with Crippen molar-refractivity contribution in [3.8, 4) is 0 Å². The van der Waals surface area contributed by atoms with E-state index >= 15 is 0 Å². The SMILES string of the molecule is CC(C)CCC(C)NC(=O)c1ccnc(N)c1. The first-order chi connectivity index (χ1) is 7.99. The number of amides is 1. The Morgan fingerprint density at radius 2 is 2.12 bits per heavy atom. The van der Waals surface area contributed by atoms with Crippen LogP contribution in [0.15, 0.2) is 18.3 Å². The first-order valence-corrected chi connectivity index (χ1v) is 6.01. The number of aromatic nitrogens is 1. The first kappa shape index (κ1) is 13.5. The summed E-state index contributed by atoms with van der Waals surface area (Å²) in [5.41, 5.74) is 6.10. The molecule has 0 aliphatic carbocycles. The van der Waals surface area contributed by atoms with Crippen LogP contribution in [0.25, 0.3) is 0 Å². The summed E-state index contributed by atoms with van der Waals surface area (Å²) < 4.78 is 0. The van der Waals surface area contributed by atoms with E-state index in [9.17, 15) is 4.79 Å². The standard InChI is InChI=1S/C13H21N3O/c1-9(2)4-5-10(3)16-13(17)11-6-7-15-12(14)8-11/h6-10H,4-5H2,1-3H3,(H2,14,15)(H,16,17). The minimum absolute atomic E-state index is 0.0876. The molecule has 3 N–H and O–H groups in total. The van der Waals surface area contributed by atoms with Crippen LogP contribution in [0.2, 0.25) is 0 Å². The van der Waals surface area contributed by atoms with E-state index in [4.69, 9.17) is 5.73 Å². The molecular weight excluding hydrogens is 214 g/mol. The molecule has 1 atom stereocenters. The Labute approximate surface area is 103 Å². The third kappa shape index (κ3) is 4.85. The fourth-order valence-electron chi connectivity index (χ4n) is 1.55. The molecule has 0 spiro atoms. The predicted octanol–water partition coefficient (Wildman–Crippen LogP) is 2.22. The van der Waals surface area contributed by atoms with Crippen LogP contribution in [-0.4, -0.2) is 16.9 Å². The number of nitrogens with one attached hydrogen (secondary N) is 1. The summed E-state index contributed by atoms with van der Waals surface area (Å²) in [7, 11) is 0. The Morgan fingerprint density at radius 3 is 2.71 bits per heavy atom. The van der Waals surface area contributed by atoms with Gasteiger partial charge in [-0.15, -0.1) is 0 Å². The summed E-state index contributed by atoms with van der Waals surface area (Å²) in [6.07, 6.45) is 3.65. The molecule has 4 heteroatoms. The molecule has 17 heavy (non-hydrogen) atoms. The van der Waals surface area contributed by atoms with Crippen molar-refractivity contribution in [3.63, 3.8) is 0 Å². The monoisotopic (exact) mass is 235 g/mol. The van der Waals surface area contributed by atoms with Crippen LogP contribution in [-0.2, 0) is 0 Å². The highest BCUT2D eigenvalue weighted by atomic mass is 16.1. The van der Waals surface area contributed by atoms with E-state index in [1.165, 1.54) is 0 Å². The van der Waals surface area contributed by atoms with Crippen molar-refractivity contribution >= 4 is 11.7 Å². The molecule has 0 aliphatic rings. The second-order valence-electron chi connectivity index (χ2n) is 4.82. The second-order valence-corrected chi connectivity index (χ2v) is 4.82. The van der Waals surface area contributed by atoms with Crippen LogP contribution in [0.4, 0.5) is 5.82 Å². The molecule has 0 aromatic carbocycles. The molecule has 0 radical (unpaired) electrons. The smallest absolute Gasteiger partial charge is 0.251 e. The molecule has 0 aliphatic heterocycles. The number of pyridine rings is 1. The Bertz CT molecular complexity index is 377. The molecule has 1 amide bonds. The van der Waals surface area contributed by atoms with Gasteiger partial charge in [-0.25, -0.2) is 4.98 Å². The lowest BCUT2D eigenvalue weighted by Crippen LogP contribution is -2.32. The van der Waals surface area contributed by atoms with Crippen LogP contribution in [0.1, 0.15) is 44.0 Å². The quantitative estimate of drug-likeness (QED) is 0.822. The zero-order valence-electron chi connectivity index (χ0n) is 10.7. The van der Waals surface area contributed by atoms with Crippen LogP contribution < -0.4 is 11.1 Å². The molecule has 1 aromatic rings. The maximum Gasteiger partial charge on any atom is 0.251 e. The van der Waals surface area contributed by atoms with Gasteiger partial charge in [0, 0.05) is 17.8 Å². The van der Waals surface area contributed by atoms with E-state index in [0.29, 0.717) is 17.3 Å². The van der Waals surface area contributed by atoms with Gasteiger partial charge in [0.1, 0.15) is 5.82 Å². The molecule has 1 unspecified atom stereocenters. The van der Waals surface area contributed by atoms with E-state index in [-0.39, 0.29) is 11.9 Å². The van der Waals surface area contributed by atoms with Crippen molar-refractivity contribution in [2.24, 2.45) is 5.92 Å². The third-order valence-corrected chi connectivity index (χ3v) is 2.60. The molecule has 1 aromatic heterocycles. The molecule has 0 saturated heterocycles. The molecule has 0 fully saturated rings. The Balaban J connectivity index is 2.49. The predicted molar refractivity (Wildman–Crippen MR) is 69.6 cm³/mol. The van der Waals surface area contributed by atoms with Crippen molar-refractivity contribution in [1.82, 2.24) is 10.3 Å². The molecule has 4 nitrogen and oxygen atoms in total. The van der Waals surface area contributed by atoms with Crippen molar-refractivity contribution in [2.75, 3.05) is 5.73 Å². The van der Waals surface area contributed by atoms with E-state index in [0.717, 1.165) is 12.8 Å². The van der Waals surface area contributed by atoms with Gasteiger partial charge in [0.05, 0.1) is 0 Å². The molecule has 1 heterocycles. The zero-order chi connectivity index (χ0) is 12.8. The topological polar surface area (TPSA) is 68.0 Å². The summed E-state index contributed by atoms with van der Waals surface area (Å²) in [4.78, 5) is 15.7. The molecule has 1 rings (SSSR count). The maximum absolute atomic E-state index is 11.9. The fraction of sp³-hybridized carbons (Fsp3) is 0.538. The van der Waals surface area contributed by atoms with Crippen molar-refractivity contribution in [2.45, 2.75) is 39.7 Å². The largest absolute Gasteiger partial charge is 0.384 e. The minimum Gasteiger partial charge on any atom is -0.384 e. The number of hydrogen-bond acceptors (Lipinski definition) is 3. The minimum atomic E-state index is -0.0876. The number of nitrogens with two attached hydrogens (primary N) is 1. The lowest BCUT2D eigenvalue weighted by Gasteiger charge is -2.15. The van der Waals surface area contributed by atoms with Gasteiger partial charge in [-0.05, 0) is 37.8 Å². The number of carbonyl (C=O) groups excluding carboxylic acids is 1. The number of carbonyl (C=O) groups is 1. The Hall–Kier alpha value is -1.58. The summed E-state index contributed by atoms with van der Waals surface area (Å²) in [6, 6.07) is 3.44. The third-order valence-electron chi connectivity index (χ3n) is 2.60. The molecular formula is C13H21N3O. The number of nitrogens with zero attached hydrogens (tertiary/aromatic N) is 1. The summed E-state index contributed by atoms with van der Waals surface area (Å²) in [6.45, 7) is 6.38. The van der Waals surface area contributed by atoms with E-state index < -0.39 is 0 Å². The van der Waals surface area contributed by atoms with Crippen LogP contribution in [0, 0.1) is 5.92 Å². The van der Waals surface area contributed by atoms with Crippen LogP contribution in [0.5, 0.6) is 0 Å². The van der Waals surface area contributed by atoms with E-state index in [1.807, 2.05) is 6.92 Å². The molecule has 0 bridgehead atoms. The van der Waals surface area contributed by atoms with Gasteiger partial charge in [0.15, 0.2) is 0 Å². The summed E-state index contributed by atoms with van der Waals surface area (Å²) >= 11 is 0. The highest BCUT2D eigenvalue weighted by Gasteiger charge is 2.10. The molecule has 94 valence electrons. The average Bonchev–Trinajstić information content (AvgIpc) is 2.26. The second kappa shape index (κ2) is 6.23. The van der Waals surface area contributed by atoms with Crippen molar-refractivity contribution < 1.29 is 4.79 Å². The Morgan fingerprint density at radius 1 is 1.41 bits per heavy atom. The van der Waals surface area contributed by atoms with Crippen LogP contribution >= 0.6 is 0 Å². The highest BCUT2D eigenvalue weighted by molar-refractivity contribution is 5.94. The number of hydrogen-bond donors (Lipinski definition) is 2. The average molecular weight is 235 g/mol. The van der Waals surface area contributed by atoms with Gasteiger partial charge in [0.25, 0.3) is 5.91 Å². The van der Waals surface area contributed by atoms with Gasteiger partial charge in [-0.3, -0.25) is 4.79 Å². The highest BCUT2D eigenvalue weighted by Crippen LogP contribution is 2.08. The summed E-state index contributed by atoms with van der Waals surface area (Å²) in [5, 5.41) is 2.96. The van der Waals surface area contributed by atoms with Crippen LogP contribution in [0.3, 0.4) is 0 Å². The van der Waals surface area contributed by atoms with Crippen molar-refractivity contribution in [1.29, 1.82) is 0 Å². The number of anilines is 1. The number of rotatable bonds is 5. The maximum atomic E-state index is 11.9. The van der Waals surface area contributed by atoms with Gasteiger partial charge < -0.3 is 11.1 Å². The van der Waals surface area contributed by atoms with Crippen molar-refractivity contribution in [3.05, 3.63) is 23.9 Å². The van der Waals surface area contributed by atoms with E-state index in [1.54, 1.807) is 18.3 Å². The van der Waals surface area contributed by atoms with Gasteiger partial charge >= 0.3 is 0 Å². The zero-order valence-corrected chi connectivity index (χ0v) is 10.7. The number of nitrogen functional groups attached to an aromatic ring is 1. The van der Waals surface area contributed by atoms with Gasteiger partial charge in [0.2, 0.25) is 0 Å². The fourth-order valence-corrected chi connectivity index (χ4v) is 1.55. The summed E-state index contributed by atoms with van der Waals surface area (Å²) in [5.74, 6) is 0.939. The molecule has 0 saturated carbocycles. The van der Waals surface area contributed by atoms with Gasteiger partial charge in [-0.1, -0.05) is 13.8 Å².